The predicted octanol–water partition coefficient (Wildman–Crippen LogP) is 3.36. The lowest BCUT2D eigenvalue weighted by molar-refractivity contribution is 0.422. The molecular weight excluding hydrogens is 332 g/mol. The van der Waals surface area contributed by atoms with Gasteiger partial charge in [-0.2, -0.15) is 10.2 Å². The van der Waals surface area contributed by atoms with Crippen LogP contribution in [0.2, 0.25) is 0 Å². The number of rotatable bonds is 3. The number of nitriles is 1. The zero-order valence-electron chi connectivity index (χ0n) is 10.8. The van der Waals surface area contributed by atoms with E-state index in [2.05, 4.69) is 31.1 Å². The molecule has 2 heterocycles. The Kier molecular flexibility index (Phi) is 3.75. The van der Waals surface area contributed by atoms with E-state index >= 15 is 0 Å². The maximum atomic E-state index is 8.75. The summed E-state index contributed by atoms with van der Waals surface area (Å²) in [4.78, 5) is 8.46. The molecule has 0 aliphatic carbocycles. The van der Waals surface area contributed by atoms with E-state index < -0.39 is 0 Å². The summed E-state index contributed by atoms with van der Waals surface area (Å²) >= 11 is 3.49. The van der Waals surface area contributed by atoms with Gasteiger partial charge in [-0.25, -0.2) is 4.98 Å². The summed E-state index contributed by atoms with van der Waals surface area (Å²) in [6, 6.07) is 13.3. The quantitative estimate of drug-likeness (QED) is 0.730. The largest absolute Gasteiger partial charge is 0.332 e. The van der Waals surface area contributed by atoms with Crippen molar-refractivity contribution in [1.29, 1.82) is 5.26 Å². The molecule has 0 saturated heterocycles. The summed E-state index contributed by atoms with van der Waals surface area (Å²) in [5, 5.41) is 12.7. The zero-order valence-corrected chi connectivity index (χ0v) is 12.4. The lowest BCUT2D eigenvalue weighted by Gasteiger charge is -1.99. The van der Waals surface area contributed by atoms with E-state index in [0.717, 1.165) is 10.0 Å². The number of benzene rings is 1. The van der Waals surface area contributed by atoms with Gasteiger partial charge in [0.05, 0.1) is 5.56 Å². The summed E-state index contributed by atoms with van der Waals surface area (Å²) in [6.45, 7) is 0. The average Bonchev–Trinajstić information content (AvgIpc) is 2.98. The minimum atomic E-state index is 0.349. The summed E-state index contributed by atoms with van der Waals surface area (Å²) in [6.07, 6.45) is 2.05. The minimum absolute atomic E-state index is 0.349. The maximum Gasteiger partial charge on any atom is 0.276 e. The van der Waals surface area contributed by atoms with Crippen molar-refractivity contribution in [1.82, 2.24) is 15.1 Å². The highest BCUT2D eigenvalue weighted by molar-refractivity contribution is 9.10. The summed E-state index contributed by atoms with van der Waals surface area (Å²) in [7, 11) is 0. The Balaban J connectivity index is 1.83. The van der Waals surface area contributed by atoms with Crippen molar-refractivity contribution >= 4 is 15.9 Å². The molecule has 0 aliphatic rings. The first kappa shape index (κ1) is 13.5. The molecule has 0 spiro atoms. The van der Waals surface area contributed by atoms with Crippen molar-refractivity contribution in [2.75, 3.05) is 0 Å². The molecule has 0 fully saturated rings. The first-order chi connectivity index (χ1) is 10.3. The molecule has 21 heavy (non-hydrogen) atoms. The molecule has 0 atom stereocenters. The van der Waals surface area contributed by atoms with Crippen molar-refractivity contribution in [3.63, 3.8) is 0 Å². The average molecular weight is 341 g/mol. The number of nitrogens with zero attached hydrogens (tertiary/aromatic N) is 4. The van der Waals surface area contributed by atoms with Gasteiger partial charge in [0, 0.05) is 17.1 Å². The van der Waals surface area contributed by atoms with Crippen LogP contribution in [0, 0.1) is 11.3 Å². The Morgan fingerprint density at radius 3 is 2.76 bits per heavy atom. The predicted molar refractivity (Wildman–Crippen MR) is 79.2 cm³/mol. The fourth-order valence-corrected chi connectivity index (χ4v) is 2.25. The number of hydrogen-bond acceptors (Lipinski definition) is 5. The number of pyridine rings is 1. The van der Waals surface area contributed by atoms with Crippen molar-refractivity contribution in [3.8, 4) is 17.7 Å². The minimum Gasteiger partial charge on any atom is -0.332 e. The van der Waals surface area contributed by atoms with Crippen molar-refractivity contribution in [3.05, 3.63) is 64.0 Å². The van der Waals surface area contributed by atoms with Crippen LogP contribution in [-0.4, -0.2) is 15.1 Å². The number of halogens is 1. The van der Waals surface area contributed by atoms with Crippen LogP contribution in [0.3, 0.4) is 0 Å². The van der Waals surface area contributed by atoms with Gasteiger partial charge in [0.1, 0.15) is 11.8 Å². The van der Waals surface area contributed by atoms with Crippen LogP contribution in [0.1, 0.15) is 17.0 Å². The lowest BCUT2D eigenvalue weighted by Crippen LogP contribution is -1.92. The van der Waals surface area contributed by atoms with Crippen LogP contribution in [0.4, 0.5) is 0 Å². The Labute approximate surface area is 129 Å². The summed E-state index contributed by atoms with van der Waals surface area (Å²) in [5.41, 5.74) is 2.13. The third kappa shape index (κ3) is 2.98. The SMILES string of the molecule is N#Cc1ccc(-c2nc(Cc3ccccc3Br)no2)nc1. The standard InChI is InChI=1S/C15H9BrN4O/c16-12-4-2-1-3-11(12)7-14-19-15(21-20-14)13-6-5-10(8-17)9-18-13/h1-6,9H,7H2. The fraction of sp³-hybridized carbons (Fsp3) is 0.0667. The van der Waals surface area contributed by atoms with E-state index in [9.17, 15) is 0 Å². The molecular formula is C15H9BrN4O. The molecule has 3 rings (SSSR count). The van der Waals surface area contributed by atoms with E-state index in [1.54, 1.807) is 12.1 Å². The van der Waals surface area contributed by atoms with Gasteiger partial charge < -0.3 is 4.52 Å². The first-order valence-corrected chi connectivity index (χ1v) is 6.98. The van der Waals surface area contributed by atoms with Crippen LogP contribution in [-0.2, 0) is 6.42 Å². The molecule has 0 amide bonds. The summed E-state index contributed by atoms with van der Waals surface area (Å²) < 4.78 is 6.22. The van der Waals surface area contributed by atoms with Crippen LogP contribution >= 0.6 is 15.9 Å². The molecule has 0 radical (unpaired) electrons. The second-order valence-corrected chi connectivity index (χ2v) is 5.18. The smallest absolute Gasteiger partial charge is 0.276 e. The van der Waals surface area contributed by atoms with E-state index in [4.69, 9.17) is 9.78 Å². The topological polar surface area (TPSA) is 75.6 Å². The van der Waals surface area contributed by atoms with E-state index in [1.165, 1.54) is 6.20 Å². The monoisotopic (exact) mass is 340 g/mol. The molecule has 6 heteroatoms. The molecule has 1 aromatic carbocycles. The highest BCUT2D eigenvalue weighted by Gasteiger charge is 2.11. The van der Waals surface area contributed by atoms with Gasteiger partial charge in [-0.1, -0.05) is 39.3 Å². The normalized spacial score (nSPS) is 10.3. The van der Waals surface area contributed by atoms with Gasteiger partial charge >= 0.3 is 0 Å². The van der Waals surface area contributed by atoms with Gasteiger partial charge in [0.15, 0.2) is 5.82 Å². The van der Waals surface area contributed by atoms with Gasteiger partial charge in [0.2, 0.25) is 0 Å². The van der Waals surface area contributed by atoms with E-state index in [0.29, 0.717) is 29.4 Å². The molecule has 5 nitrogen and oxygen atoms in total. The first-order valence-electron chi connectivity index (χ1n) is 6.19. The van der Waals surface area contributed by atoms with Crippen molar-refractivity contribution in [2.45, 2.75) is 6.42 Å². The zero-order chi connectivity index (χ0) is 14.7. The molecule has 2 aromatic heterocycles. The molecule has 0 saturated carbocycles. The molecule has 102 valence electrons. The highest BCUT2D eigenvalue weighted by Crippen LogP contribution is 2.20. The Morgan fingerprint density at radius 2 is 2.05 bits per heavy atom. The molecule has 0 unspecified atom stereocenters. The lowest BCUT2D eigenvalue weighted by atomic mass is 10.1. The second kappa shape index (κ2) is 5.85. The molecule has 0 N–H and O–H groups in total. The Morgan fingerprint density at radius 1 is 1.19 bits per heavy atom. The van der Waals surface area contributed by atoms with E-state index in [1.807, 2.05) is 30.3 Å². The Bertz CT molecular complexity index is 805. The van der Waals surface area contributed by atoms with Gasteiger partial charge in [-0.3, -0.25) is 0 Å². The molecule has 3 aromatic rings. The van der Waals surface area contributed by atoms with Gasteiger partial charge in [0.25, 0.3) is 5.89 Å². The third-order valence-corrected chi connectivity index (χ3v) is 3.66. The van der Waals surface area contributed by atoms with Gasteiger partial charge in [-0.15, -0.1) is 0 Å². The van der Waals surface area contributed by atoms with Crippen LogP contribution < -0.4 is 0 Å². The fourth-order valence-electron chi connectivity index (χ4n) is 1.83. The molecule has 0 bridgehead atoms. The van der Waals surface area contributed by atoms with Crippen LogP contribution in [0.25, 0.3) is 11.6 Å². The summed E-state index contributed by atoms with van der Waals surface area (Å²) in [5.74, 6) is 0.935. The van der Waals surface area contributed by atoms with Gasteiger partial charge in [-0.05, 0) is 23.8 Å². The number of aromatic nitrogens is 3. The Hall–Kier alpha value is -2.52. The highest BCUT2D eigenvalue weighted by atomic mass is 79.9. The third-order valence-electron chi connectivity index (χ3n) is 2.89. The van der Waals surface area contributed by atoms with E-state index in [-0.39, 0.29) is 0 Å². The maximum absolute atomic E-state index is 8.75. The molecule has 0 aliphatic heterocycles. The number of hydrogen-bond donors (Lipinski definition) is 0. The van der Waals surface area contributed by atoms with Crippen molar-refractivity contribution in [2.24, 2.45) is 0 Å². The second-order valence-electron chi connectivity index (χ2n) is 4.33. The van der Waals surface area contributed by atoms with Crippen LogP contribution in [0.15, 0.2) is 51.6 Å². The van der Waals surface area contributed by atoms with Crippen LogP contribution in [0.5, 0.6) is 0 Å². The van der Waals surface area contributed by atoms with Crippen molar-refractivity contribution < 1.29 is 4.52 Å².